The first-order valence-corrected chi connectivity index (χ1v) is 16.4. The SMILES string of the molecule is C[C@@H]1CCCCO[C@@H](CN(C)C(=O)Nc2ccc(F)cc2)[C@H](C)CN([C@H](C)CO)C(=O)c2cc(NC(=O)Nc3ccc(F)cc3)ccc2O1. The molecule has 3 aromatic rings. The molecule has 4 rings (SSSR count). The third-order valence-corrected chi connectivity index (χ3v) is 8.31. The second-order valence-corrected chi connectivity index (χ2v) is 12.4. The Bertz CT molecular complexity index is 1560. The number of rotatable bonds is 7. The molecule has 1 aliphatic heterocycles. The smallest absolute Gasteiger partial charge is 0.323 e. The predicted molar refractivity (Wildman–Crippen MR) is 184 cm³/mol. The van der Waals surface area contributed by atoms with Gasteiger partial charge in [-0.2, -0.15) is 0 Å². The number of urea groups is 2. The molecule has 0 unspecified atom stereocenters. The van der Waals surface area contributed by atoms with Crippen LogP contribution in [0.1, 0.15) is 50.4 Å². The van der Waals surface area contributed by atoms with Crippen LogP contribution in [0, 0.1) is 17.6 Å². The molecule has 1 aliphatic rings. The second-order valence-electron chi connectivity index (χ2n) is 12.4. The highest BCUT2D eigenvalue weighted by Gasteiger charge is 2.31. The van der Waals surface area contributed by atoms with E-state index in [0.29, 0.717) is 35.8 Å². The monoisotopic (exact) mass is 681 g/mol. The van der Waals surface area contributed by atoms with Crippen molar-refractivity contribution in [3.8, 4) is 5.75 Å². The average molecular weight is 682 g/mol. The van der Waals surface area contributed by atoms with E-state index in [0.717, 1.165) is 12.8 Å². The number of hydrogen-bond acceptors (Lipinski definition) is 6. The number of amides is 5. The van der Waals surface area contributed by atoms with E-state index in [-0.39, 0.29) is 37.3 Å². The first-order chi connectivity index (χ1) is 23.4. The van der Waals surface area contributed by atoms with Crippen molar-refractivity contribution in [3.05, 3.63) is 83.9 Å². The summed E-state index contributed by atoms with van der Waals surface area (Å²) in [5, 5.41) is 18.3. The largest absolute Gasteiger partial charge is 0.490 e. The van der Waals surface area contributed by atoms with Gasteiger partial charge in [-0.1, -0.05) is 6.92 Å². The first kappa shape index (κ1) is 37.1. The molecule has 0 aliphatic carbocycles. The van der Waals surface area contributed by atoms with E-state index >= 15 is 0 Å². The molecule has 0 saturated carbocycles. The summed E-state index contributed by atoms with van der Waals surface area (Å²) in [5.74, 6) is -1.21. The molecular formula is C36H45F2N5O6. The van der Waals surface area contributed by atoms with Crippen molar-refractivity contribution in [1.29, 1.82) is 0 Å². The Kier molecular flexibility index (Phi) is 13.3. The Morgan fingerprint density at radius 1 is 0.939 bits per heavy atom. The number of nitrogens with zero attached hydrogens (tertiary/aromatic N) is 2. The summed E-state index contributed by atoms with van der Waals surface area (Å²) >= 11 is 0. The van der Waals surface area contributed by atoms with Crippen molar-refractivity contribution < 1.29 is 37.7 Å². The van der Waals surface area contributed by atoms with Crippen molar-refractivity contribution in [2.45, 2.75) is 58.3 Å². The molecule has 264 valence electrons. The number of carbonyl (C=O) groups excluding carboxylic acids is 3. The van der Waals surface area contributed by atoms with Gasteiger partial charge in [0, 0.05) is 49.7 Å². The number of likely N-dealkylation sites (N-methyl/N-ethyl adjacent to an activating group) is 1. The average Bonchev–Trinajstić information content (AvgIpc) is 3.07. The molecule has 11 nitrogen and oxygen atoms in total. The third-order valence-electron chi connectivity index (χ3n) is 8.31. The molecule has 3 aromatic carbocycles. The Morgan fingerprint density at radius 2 is 1.53 bits per heavy atom. The lowest BCUT2D eigenvalue weighted by molar-refractivity contribution is -0.0115. The lowest BCUT2D eigenvalue weighted by Crippen LogP contribution is -2.48. The van der Waals surface area contributed by atoms with Gasteiger partial charge in [0.2, 0.25) is 0 Å². The molecule has 0 radical (unpaired) electrons. The second kappa shape index (κ2) is 17.6. The Balaban J connectivity index is 1.57. The fourth-order valence-electron chi connectivity index (χ4n) is 5.39. The van der Waals surface area contributed by atoms with Gasteiger partial charge in [-0.3, -0.25) is 4.79 Å². The maximum Gasteiger partial charge on any atom is 0.323 e. The van der Waals surface area contributed by atoms with Crippen LogP contribution in [0.3, 0.4) is 0 Å². The van der Waals surface area contributed by atoms with Crippen LogP contribution in [-0.2, 0) is 4.74 Å². The molecule has 0 spiro atoms. The normalized spacial score (nSPS) is 19.4. The molecular weight excluding hydrogens is 636 g/mol. The third kappa shape index (κ3) is 10.9. The van der Waals surface area contributed by atoms with Crippen LogP contribution in [0.15, 0.2) is 66.7 Å². The lowest BCUT2D eigenvalue weighted by atomic mass is 10.0. The van der Waals surface area contributed by atoms with Crippen LogP contribution < -0.4 is 20.7 Å². The number of hydrogen-bond donors (Lipinski definition) is 4. The molecule has 4 N–H and O–H groups in total. The first-order valence-electron chi connectivity index (χ1n) is 16.4. The number of ether oxygens (including phenoxy) is 2. The molecule has 0 saturated heterocycles. The molecule has 0 aromatic heterocycles. The van der Waals surface area contributed by atoms with Gasteiger partial charge in [0.05, 0.1) is 30.4 Å². The highest BCUT2D eigenvalue weighted by molar-refractivity contribution is 6.02. The summed E-state index contributed by atoms with van der Waals surface area (Å²) in [6.07, 6.45) is 1.52. The zero-order chi connectivity index (χ0) is 35.5. The number of halogens is 2. The van der Waals surface area contributed by atoms with E-state index in [4.69, 9.17) is 9.47 Å². The van der Waals surface area contributed by atoms with Crippen LogP contribution in [-0.4, -0.2) is 84.5 Å². The molecule has 0 fully saturated rings. The number of aliphatic hydroxyl groups excluding tert-OH is 1. The Labute approximate surface area is 285 Å². The highest BCUT2D eigenvalue weighted by atomic mass is 19.1. The van der Waals surface area contributed by atoms with E-state index in [1.807, 2.05) is 13.8 Å². The van der Waals surface area contributed by atoms with E-state index in [1.165, 1.54) is 59.5 Å². The van der Waals surface area contributed by atoms with Crippen LogP contribution >= 0.6 is 0 Å². The summed E-state index contributed by atoms with van der Waals surface area (Å²) in [5.41, 5.74) is 1.36. The maximum absolute atomic E-state index is 14.3. The predicted octanol–water partition coefficient (Wildman–Crippen LogP) is 6.57. The lowest BCUT2D eigenvalue weighted by Gasteiger charge is -2.35. The minimum absolute atomic E-state index is 0.177. The van der Waals surface area contributed by atoms with Crippen molar-refractivity contribution in [2.24, 2.45) is 5.92 Å². The van der Waals surface area contributed by atoms with Gasteiger partial charge in [0.15, 0.2) is 0 Å². The number of carbonyl (C=O) groups is 3. The van der Waals surface area contributed by atoms with Crippen LogP contribution in [0.25, 0.3) is 0 Å². The number of aliphatic hydroxyl groups is 1. The summed E-state index contributed by atoms with van der Waals surface area (Å²) in [7, 11) is 1.63. The van der Waals surface area contributed by atoms with Crippen LogP contribution in [0.2, 0.25) is 0 Å². The highest BCUT2D eigenvalue weighted by Crippen LogP contribution is 2.29. The zero-order valence-corrected chi connectivity index (χ0v) is 28.2. The quantitative estimate of drug-likeness (QED) is 0.223. The number of nitrogens with one attached hydrogen (secondary N) is 3. The topological polar surface area (TPSA) is 132 Å². The number of benzene rings is 3. The fraction of sp³-hybridized carbons (Fsp3) is 0.417. The molecule has 49 heavy (non-hydrogen) atoms. The fourth-order valence-corrected chi connectivity index (χ4v) is 5.39. The Hall–Kier alpha value is -4.75. The van der Waals surface area contributed by atoms with Gasteiger partial charge in [-0.25, -0.2) is 18.4 Å². The standard InChI is InChI=1S/C36H45F2N5O6/c1-23-20-43(24(2)22-44)34(45)31-19-30(40-35(46)39-28-12-8-26(37)9-13-28)16-17-32(31)49-25(3)7-5-6-18-48-33(23)21-42(4)36(47)41-29-14-10-27(38)11-15-29/h8-17,19,23-25,33,44H,5-7,18,20-22H2,1-4H3,(H,41,47)(H2,39,40,46)/t23-,24-,25-,33+/m1/s1. The molecule has 1 heterocycles. The summed E-state index contributed by atoms with van der Waals surface area (Å²) < 4.78 is 39.2. The van der Waals surface area contributed by atoms with Gasteiger partial charge >= 0.3 is 12.1 Å². The number of anilines is 3. The molecule has 13 heteroatoms. The van der Waals surface area contributed by atoms with Gasteiger partial charge in [0.25, 0.3) is 5.91 Å². The summed E-state index contributed by atoms with van der Waals surface area (Å²) in [4.78, 5) is 43.1. The summed E-state index contributed by atoms with van der Waals surface area (Å²) in [6, 6.07) is 14.0. The van der Waals surface area contributed by atoms with Gasteiger partial charge < -0.3 is 40.3 Å². The maximum atomic E-state index is 14.3. The van der Waals surface area contributed by atoms with Crippen molar-refractivity contribution in [1.82, 2.24) is 9.80 Å². The van der Waals surface area contributed by atoms with E-state index < -0.39 is 41.7 Å². The summed E-state index contributed by atoms with van der Waals surface area (Å²) in [6.45, 7) is 6.07. The van der Waals surface area contributed by atoms with Crippen LogP contribution in [0.4, 0.5) is 35.4 Å². The Morgan fingerprint density at radius 3 is 2.16 bits per heavy atom. The van der Waals surface area contributed by atoms with E-state index in [1.54, 1.807) is 31.0 Å². The van der Waals surface area contributed by atoms with E-state index in [2.05, 4.69) is 16.0 Å². The molecule has 0 bridgehead atoms. The van der Waals surface area contributed by atoms with Crippen molar-refractivity contribution in [2.75, 3.05) is 49.3 Å². The van der Waals surface area contributed by atoms with Crippen molar-refractivity contribution in [3.63, 3.8) is 0 Å². The van der Waals surface area contributed by atoms with Crippen LogP contribution in [0.5, 0.6) is 5.75 Å². The molecule has 5 amide bonds. The minimum atomic E-state index is -0.591. The minimum Gasteiger partial charge on any atom is -0.490 e. The van der Waals surface area contributed by atoms with Gasteiger partial charge in [0.1, 0.15) is 17.4 Å². The van der Waals surface area contributed by atoms with Gasteiger partial charge in [-0.05, 0) is 99.8 Å². The number of fused-ring (bicyclic) bond motifs is 1. The van der Waals surface area contributed by atoms with Crippen molar-refractivity contribution >= 4 is 35.0 Å². The van der Waals surface area contributed by atoms with E-state index in [9.17, 15) is 28.3 Å². The zero-order valence-electron chi connectivity index (χ0n) is 28.2. The molecule has 4 atom stereocenters. The van der Waals surface area contributed by atoms with Gasteiger partial charge in [-0.15, -0.1) is 0 Å².